The minimum Gasteiger partial charge on any atom is -0.395 e. The summed E-state index contributed by atoms with van der Waals surface area (Å²) in [5.74, 6) is 0.895. The van der Waals surface area contributed by atoms with E-state index in [-0.39, 0.29) is 6.61 Å². The van der Waals surface area contributed by atoms with Crippen LogP contribution in [0.3, 0.4) is 0 Å². The molecule has 0 heterocycles. The molecule has 0 radical (unpaired) electrons. The van der Waals surface area contributed by atoms with Gasteiger partial charge in [0.15, 0.2) is 0 Å². The number of aliphatic hydroxyl groups is 1. The second kappa shape index (κ2) is 4.69. The summed E-state index contributed by atoms with van der Waals surface area (Å²) in [6, 6.07) is 0. The maximum atomic E-state index is 8.48. The fourth-order valence-corrected chi connectivity index (χ4v) is 1.60. The van der Waals surface area contributed by atoms with Gasteiger partial charge in [0.05, 0.1) is 6.61 Å². The van der Waals surface area contributed by atoms with Crippen LogP contribution in [0.5, 0.6) is 0 Å². The molecule has 0 amide bonds. The van der Waals surface area contributed by atoms with E-state index >= 15 is 0 Å². The Hall–Kier alpha value is -0.0800. The highest BCUT2D eigenvalue weighted by molar-refractivity contribution is 4.68. The van der Waals surface area contributed by atoms with Crippen LogP contribution in [-0.4, -0.2) is 24.8 Å². The number of nitrogens with one attached hydrogen (secondary N) is 1. The molecule has 1 fully saturated rings. The molecule has 0 aromatic rings. The standard InChI is InChI=1S/C8H17NO/c10-6-5-9-7-8-3-1-2-4-8/h8-10H,1-7H2. The van der Waals surface area contributed by atoms with E-state index in [0.717, 1.165) is 19.0 Å². The first-order valence-corrected chi connectivity index (χ1v) is 4.25. The Morgan fingerprint density at radius 2 is 2.00 bits per heavy atom. The third kappa shape index (κ3) is 2.67. The fourth-order valence-electron chi connectivity index (χ4n) is 1.60. The number of hydrogen-bond acceptors (Lipinski definition) is 2. The van der Waals surface area contributed by atoms with Crippen LogP contribution < -0.4 is 5.32 Å². The second-order valence-corrected chi connectivity index (χ2v) is 3.08. The predicted molar refractivity (Wildman–Crippen MR) is 41.9 cm³/mol. The molecule has 0 aromatic heterocycles. The van der Waals surface area contributed by atoms with Gasteiger partial charge in [0.25, 0.3) is 0 Å². The molecule has 0 unspecified atom stereocenters. The summed E-state index contributed by atoms with van der Waals surface area (Å²) in [4.78, 5) is 0. The normalized spacial score (nSPS) is 20.1. The van der Waals surface area contributed by atoms with Gasteiger partial charge in [-0.1, -0.05) is 12.8 Å². The maximum Gasteiger partial charge on any atom is 0.0555 e. The molecular weight excluding hydrogens is 126 g/mol. The Morgan fingerprint density at radius 1 is 1.30 bits per heavy atom. The Kier molecular flexibility index (Phi) is 3.76. The van der Waals surface area contributed by atoms with Crippen LogP contribution in [0.1, 0.15) is 25.7 Å². The third-order valence-electron chi connectivity index (χ3n) is 2.20. The predicted octanol–water partition coefficient (Wildman–Crippen LogP) is 0.758. The van der Waals surface area contributed by atoms with Gasteiger partial charge in [0.1, 0.15) is 0 Å². The molecule has 1 rings (SSSR count). The van der Waals surface area contributed by atoms with Gasteiger partial charge >= 0.3 is 0 Å². The van der Waals surface area contributed by atoms with E-state index in [0.29, 0.717) is 0 Å². The molecule has 1 saturated carbocycles. The van der Waals surface area contributed by atoms with E-state index in [4.69, 9.17) is 5.11 Å². The van der Waals surface area contributed by atoms with Crippen LogP contribution in [0.15, 0.2) is 0 Å². The van der Waals surface area contributed by atoms with E-state index in [1.165, 1.54) is 25.7 Å². The van der Waals surface area contributed by atoms with Crippen LogP contribution in [0.2, 0.25) is 0 Å². The fraction of sp³-hybridized carbons (Fsp3) is 1.00. The topological polar surface area (TPSA) is 32.3 Å². The lowest BCUT2D eigenvalue weighted by Gasteiger charge is -2.08. The van der Waals surface area contributed by atoms with Crippen molar-refractivity contribution in [2.45, 2.75) is 25.7 Å². The number of rotatable bonds is 4. The van der Waals surface area contributed by atoms with E-state index in [9.17, 15) is 0 Å². The average molecular weight is 143 g/mol. The Labute approximate surface area is 62.6 Å². The van der Waals surface area contributed by atoms with Crippen molar-refractivity contribution in [3.63, 3.8) is 0 Å². The average Bonchev–Trinajstić information content (AvgIpc) is 2.41. The van der Waals surface area contributed by atoms with Crippen LogP contribution in [0, 0.1) is 5.92 Å². The lowest BCUT2D eigenvalue weighted by atomic mass is 10.1. The molecule has 0 spiro atoms. The Balaban J connectivity index is 1.91. The van der Waals surface area contributed by atoms with Crippen molar-refractivity contribution in [3.05, 3.63) is 0 Å². The van der Waals surface area contributed by atoms with Crippen molar-refractivity contribution < 1.29 is 5.11 Å². The summed E-state index contributed by atoms with van der Waals surface area (Å²) in [5, 5.41) is 11.7. The molecule has 1 aliphatic rings. The van der Waals surface area contributed by atoms with E-state index < -0.39 is 0 Å². The third-order valence-corrected chi connectivity index (χ3v) is 2.20. The van der Waals surface area contributed by atoms with Crippen LogP contribution in [0.25, 0.3) is 0 Å². The maximum absolute atomic E-state index is 8.48. The quantitative estimate of drug-likeness (QED) is 0.569. The van der Waals surface area contributed by atoms with Gasteiger partial charge in [-0.2, -0.15) is 0 Å². The first kappa shape index (κ1) is 8.02. The number of hydrogen-bond donors (Lipinski definition) is 2. The smallest absolute Gasteiger partial charge is 0.0555 e. The van der Waals surface area contributed by atoms with Crippen molar-refractivity contribution in [1.29, 1.82) is 0 Å². The van der Waals surface area contributed by atoms with E-state index in [2.05, 4.69) is 5.32 Å². The van der Waals surface area contributed by atoms with Crippen LogP contribution in [-0.2, 0) is 0 Å². The largest absolute Gasteiger partial charge is 0.395 e. The molecule has 0 aromatic carbocycles. The van der Waals surface area contributed by atoms with Crippen molar-refractivity contribution >= 4 is 0 Å². The van der Waals surface area contributed by atoms with Crippen molar-refractivity contribution in [2.24, 2.45) is 5.92 Å². The molecule has 2 N–H and O–H groups in total. The molecule has 0 saturated heterocycles. The minimum atomic E-state index is 0.271. The van der Waals surface area contributed by atoms with Gasteiger partial charge in [-0.25, -0.2) is 0 Å². The molecule has 0 aliphatic heterocycles. The molecule has 2 heteroatoms. The van der Waals surface area contributed by atoms with Crippen molar-refractivity contribution in [1.82, 2.24) is 5.32 Å². The van der Waals surface area contributed by atoms with Crippen LogP contribution >= 0.6 is 0 Å². The SMILES string of the molecule is OCCNCC1CCCC1. The van der Waals surface area contributed by atoms with Gasteiger partial charge in [-0.15, -0.1) is 0 Å². The molecule has 0 bridgehead atoms. The minimum absolute atomic E-state index is 0.271. The first-order chi connectivity index (χ1) is 4.93. The summed E-state index contributed by atoms with van der Waals surface area (Å²) in [6.07, 6.45) is 5.59. The summed E-state index contributed by atoms with van der Waals surface area (Å²) in [7, 11) is 0. The monoisotopic (exact) mass is 143 g/mol. The van der Waals surface area contributed by atoms with E-state index in [1.54, 1.807) is 0 Å². The van der Waals surface area contributed by atoms with Gasteiger partial charge in [0, 0.05) is 6.54 Å². The van der Waals surface area contributed by atoms with Gasteiger partial charge in [-0.05, 0) is 25.3 Å². The molecular formula is C8H17NO. The first-order valence-electron chi connectivity index (χ1n) is 4.25. The second-order valence-electron chi connectivity index (χ2n) is 3.08. The molecule has 2 nitrogen and oxygen atoms in total. The highest BCUT2D eigenvalue weighted by Gasteiger charge is 2.13. The number of aliphatic hydroxyl groups excluding tert-OH is 1. The summed E-state index contributed by atoms with van der Waals surface area (Å²) >= 11 is 0. The zero-order chi connectivity index (χ0) is 7.23. The highest BCUT2D eigenvalue weighted by atomic mass is 16.3. The Morgan fingerprint density at radius 3 is 2.60 bits per heavy atom. The molecule has 1 aliphatic carbocycles. The summed E-state index contributed by atoms with van der Waals surface area (Å²) in [5.41, 5.74) is 0. The lowest BCUT2D eigenvalue weighted by molar-refractivity contribution is 0.288. The van der Waals surface area contributed by atoms with Crippen LogP contribution in [0.4, 0.5) is 0 Å². The summed E-state index contributed by atoms with van der Waals surface area (Å²) < 4.78 is 0. The Bertz CT molecular complexity index is 79.3. The summed E-state index contributed by atoms with van der Waals surface area (Å²) in [6.45, 7) is 2.14. The van der Waals surface area contributed by atoms with E-state index in [1.807, 2.05) is 0 Å². The highest BCUT2D eigenvalue weighted by Crippen LogP contribution is 2.23. The molecule has 60 valence electrons. The van der Waals surface area contributed by atoms with Crippen molar-refractivity contribution in [2.75, 3.05) is 19.7 Å². The van der Waals surface area contributed by atoms with Crippen molar-refractivity contribution in [3.8, 4) is 0 Å². The van der Waals surface area contributed by atoms with Gasteiger partial charge < -0.3 is 10.4 Å². The zero-order valence-electron chi connectivity index (χ0n) is 6.47. The van der Waals surface area contributed by atoms with Gasteiger partial charge in [0.2, 0.25) is 0 Å². The zero-order valence-corrected chi connectivity index (χ0v) is 6.47. The van der Waals surface area contributed by atoms with Gasteiger partial charge in [-0.3, -0.25) is 0 Å². The molecule has 0 atom stereocenters. The molecule has 10 heavy (non-hydrogen) atoms. The lowest BCUT2D eigenvalue weighted by Crippen LogP contribution is -2.24.